The van der Waals surface area contributed by atoms with Crippen LogP contribution in [0.5, 0.6) is 5.75 Å². The molecule has 0 aliphatic heterocycles. The molecule has 2 aromatic carbocycles. The molecule has 0 saturated heterocycles. The van der Waals surface area contributed by atoms with E-state index in [9.17, 15) is 9.90 Å². The van der Waals surface area contributed by atoms with E-state index < -0.39 is 0 Å². The zero-order valence-corrected chi connectivity index (χ0v) is 13.1. The Morgan fingerprint density at radius 1 is 1.13 bits per heavy atom. The Morgan fingerprint density at radius 2 is 1.78 bits per heavy atom. The predicted molar refractivity (Wildman–Crippen MR) is 88.4 cm³/mol. The second kappa shape index (κ2) is 6.84. The van der Waals surface area contributed by atoms with Crippen molar-refractivity contribution in [2.24, 2.45) is 5.92 Å². The molecule has 3 rings (SSSR count). The third kappa shape index (κ3) is 3.54. The summed E-state index contributed by atoms with van der Waals surface area (Å²) in [6.07, 6.45) is 1.20. The maximum atomic E-state index is 12.5. The second-order valence-corrected chi connectivity index (χ2v) is 5.98. The van der Waals surface area contributed by atoms with Crippen molar-refractivity contribution in [1.82, 2.24) is 5.32 Å². The molecule has 0 radical (unpaired) electrons. The van der Waals surface area contributed by atoms with E-state index in [2.05, 4.69) is 5.32 Å². The molecule has 1 aliphatic carbocycles. The molecule has 1 fully saturated rings. The van der Waals surface area contributed by atoms with E-state index in [0.29, 0.717) is 5.56 Å². The fourth-order valence-corrected chi connectivity index (χ4v) is 3.00. The van der Waals surface area contributed by atoms with Crippen molar-refractivity contribution in [3.05, 3.63) is 65.7 Å². The normalized spacial score (nSPS) is 21.1. The highest BCUT2D eigenvalue weighted by atomic mass is 16.5. The van der Waals surface area contributed by atoms with Crippen molar-refractivity contribution >= 4 is 5.91 Å². The van der Waals surface area contributed by atoms with Gasteiger partial charge in [0.05, 0.1) is 19.3 Å². The number of carbonyl (C=O) groups is 1. The van der Waals surface area contributed by atoms with Crippen molar-refractivity contribution in [2.75, 3.05) is 7.11 Å². The largest absolute Gasteiger partial charge is 0.497 e. The molecule has 0 bridgehead atoms. The van der Waals surface area contributed by atoms with Crippen LogP contribution in [0.25, 0.3) is 0 Å². The van der Waals surface area contributed by atoms with Crippen LogP contribution in [0.1, 0.15) is 34.8 Å². The van der Waals surface area contributed by atoms with Crippen molar-refractivity contribution in [3.63, 3.8) is 0 Å². The van der Waals surface area contributed by atoms with E-state index in [4.69, 9.17) is 4.74 Å². The van der Waals surface area contributed by atoms with Crippen LogP contribution in [-0.4, -0.2) is 24.2 Å². The lowest BCUT2D eigenvalue weighted by atomic mass is 9.75. The molecule has 1 aliphatic rings. The summed E-state index contributed by atoms with van der Waals surface area (Å²) in [5.41, 5.74) is 1.68. The summed E-state index contributed by atoms with van der Waals surface area (Å²) in [7, 11) is 1.60. The zero-order chi connectivity index (χ0) is 16.2. The number of nitrogens with one attached hydrogen (secondary N) is 1. The zero-order valence-electron chi connectivity index (χ0n) is 13.1. The van der Waals surface area contributed by atoms with Crippen LogP contribution in [0.4, 0.5) is 0 Å². The Hall–Kier alpha value is -2.33. The third-order valence-corrected chi connectivity index (χ3v) is 4.42. The highest BCUT2D eigenvalue weighted by Gasteiger charge is 2.35. The minimum atomic E-state index is -0.246. The first kappa shape index (κ1) is 15.6. The number of amides is 1. The summed E-state index contributed by atoms with van der Waals surface area (Å²) in [6.45, 7) is 0. The van der Waals surface area contributed by atoms with Gasteiger partial charge in [-0.15, -0.1) is 0 Å². The van der Waals surface area contributed by atoms with Gasteiger partial charge in [-0.1, -0.05) is 30.3 Å². The van der Waals surface area contributed by atoms with Gasteiger partial charge in [-0.2, -0.15) is 0 Å². The van der Waals surface area contributed by atoms with Crippen LogP contribution in [0.2, 0.25) is 0 Å². The summed E-state index contributed by atoms with van der Waals surface area (Å²) in [5.74, 6) is 0.890. The molecule has 1 saturated carbocycles. The van der Waals surface area contributed by atoms with E-state index in [1.165, 1.54) is 0 Å². The lowest BCUT2D eigenvalue weighted by Gasteiger charge is -2.38. The first-order valence-electron chi connectivity index (χ1n) is 7.85. The number of rotatable bonds is 5. The van der Waals surface area contributed by atoms with E-state index in [1.54, 1.807) is 31.4 Å². The van der Waals surface area contributed by atoms with Crippen molar-refractivity contribution in [1.29, 1.82) is 0 Å². The fraction of sp³-hybridized carbons (Fsp3) is 0.316. The molecule has 2 N–H and O–H groups in total. The standard InChI is InChI=1S/C19H21NO3/c1-23-17-9-7-14(8-10-17)19(22)20-18(15-11-16(21)12-15)13-5-3-2-4-6-13/h2-10,15-16,18,21H,11-12H2,1H3,(H,20,22). The molecule has 1 atom stereocenters. The molecule has 4 nitrogen and oxygen atoms in total. The van der Waals surface area contributed by atoms with E-state index in [1.807, 2.05) is 30.3 Å². The number of hydrogen-bond acceptors (Lipinski definition) is 3. The Labute approximate surface area is 136 Å². The monoisotopic (exact) mass is 311 g/mol. The topological polar surface area (TPSA) is 58.6 Å². The first-order valence-corrected chi connectivity index (χ1v) is 7.85. The van der Waals surface area contributed by atoms with E-state index >= 15 is 0 Å². The molecular weight excluding hydrogens is 290 g/mol. The number of benzene rings is 2. The summed E-state index contributed by atoms with van der Waals surface area (Å²) < 4.78 is 5.12. The van der Waals surface area contributed by atoms with Gasteiger partial charge in [0.25, 0.3) is 5.91 Å². The van der Waals surface area contributed by atoms with Gasteiger partial charge in [-0.05, 0) is 48.6 Å². The second-order valence-electron chi connectivity index (χ2n) is 5.98. The predicted octanol–water partition coefficient (Wildman–Crippen LogP) is 2.94. The molecule has 120 valence electrons. The molecule has 0 spiro atoms. The SMILES string of the molecule is COc1ccc(C(=O)NC(c2ccccc2)C2CC(O)C2)cc1. The van der Waals surface area contributed by atoms with Gasteiger partial charge in [0.1, 0.15) is 5.75 Å². The smallest absolute Gasteiger partial charge is 0.251 e. The van der Waals surface area contributed by atoms with Crippen LogP contribution in [0.3, 0.4) is 0 Å². The summed E-state index contributed by atoms with van der Waals surface area (Å²) in [4.78, 5) is 12.5. The quantitative estimate of drug-likeness (QED) is 0.892. The molecule has 4 heteroatoms. The fourth-order valence-electron chi connectivity index (χ4n) is 3.00. The van der Waals surface area contributed by atoms with Crippen molar-refractivity contribution in [2.45, 2.75) is 25.0 Å². The lowest BCUT2D eigenvalue weighted by Crippen LogP contribution is -2.41. The van der Waals surface area contributed by atoms with Gasteiger partial charge in [0, 0.05) is 5.56 Å². The average Bonchev–Trinajstić information content (AvgIpc) is 2.58. The number of hydrogen-bond donors (Lipinski definition) is 2. The molecule has 0 heterocycles. The van der Waals surface area contributed by atoms with Crippen LogP contribution < -0.4 is 10.1 Å². The molecular formula is C19H21NO3. The summed E-state index contributed by atoms with van der Waals surface area (Å²) in [6, 6.07) is 16.9. The molecule has 23 heavy (non-hydrogen) atoms. The van der Waals surface area contributed by atoms with Gasteiger partial charge >= 0.3 is 0 Å². The van der Waals surface area contributed by atoms with Crippen LogP contribution in [-0.2, 0) is 0 Å². The molecule has 1 amide bonds. The lowest BCUT2D eigenvalue weighted by molar-refractivity contribution is 0.0235. The average molecular weight is 311 g/mol. The van der Waals surface area contributed by atoms with Crippen LogP contribution in [0.15, 0.2) is 54.6 Å². The van der Waals surface area contributed by atoms with Crippen molar-refractivity contribution in [3.8, 4) is 5.75 Å². The van der Waals surface area contributed by atoms with Crippen LogP contribution >= 0.6 is 0 Å². The number of carbonyl (C=O) groups excluding carboxylic acids is 1. The molecule has 1 unspecified atom stereocenters. The van der Waals surface area contributed by atoms with Gasteiger partial charge in [0.2, 0.25) is 0 Å². The number of aliphatic hydroxyl groups is 1. The number of ether oxygens (including phenoxy) is 1. The van der Waals surface area contributed by atoms with E-state index in [0.717, 1.165) is 24.2 Å². The maximum Gasteiger partial charge on any atom is 0.251 e. The number of aliphatic hydroxyl groups excluding tert-OH is 1. The Morgan fingerprint density at radius 3 is 2.35 bits per heavy atom. The van der Waals surface area contributed by atoms with Gasteiger partial charge in [-0.3, -0.25) is 4.79 Å². The van der Waals surface area contributed by atoms with E-state index in [-0.39, 0.29) is 24.0 Å². The minimum Gasteiger partial charge on any atom is -0.497 e. The van der Waals surface area contributed by atoms with Gasteiger partial charge in [-0.25, -0.2) is 0 Å². The van der Waals surface area contributed by atoms with Gasteiger partial charge < -0.3 is 15.2 Å². The Kier molecular flexibility index (Phi) is 4.63. The third-order valence-electron chi connectivity index (χ3n) is 4.42. The Balaban J connectivity index is 1.76. The Bertz CT molecular complexity index is 648. The number of methoxy groups -OCH3 is 1. The highest BCUT2D eigenvalue weighted by molar-refractivity contribution is 5.94. The molecule has 0 aromatic heterocycles. The van der Waals surface area contributed by atoms with Crippen molar-refractivity contribution < 1.29 is 14.6 Å². The minimum absolute atomic E-state index is 0.0748. The first-order chi connectivity index (χ1) is 11.2. The summed E-state index contributed by atoms with van der Waals surface area (Å²) >= 11 is 0. The molecule has 2 aromatic rings. The maximum absolute atomic E-state index is 12.5. The van der Waals surface area contributed by atoms with Crippen LogP contribution in [0, 0.1) is 5.92 Å². The van der Waals surface area contributed by atoms with Gasteiger partial charge in [0.15, 0.2) is 0 Å². The summed E-state index contributed by atoms with van der Waals surface area (Å²) in [5, 5.41) is 12.7. The highest BCUT2D eigenvalue weighted by Crippen LogP contribution is 2.38.